The molecule has 4 N–H and O–H groups in total. The minimum atomic E-state index is -0.862. The van der Waals surface area contributed by atoms with E-state index in [4.69, 9.17) is 11.5 Å². The summed E-state index contributed by atoms with van der Waals surface area (Å²) in [5, 5.41) is 0. The Bertz CT molecular complexity index is 556. The monoisotopic (exact) mass is 356 g/mol. The minimum absolute atomic E-state index is 0.0211. The first-order valence-electron chi connectivity index (χ1n) is 8.13. The highest BCUT2D eigenvalue weighted by Gasteiger charge is 2.59. The Hall–Kier alpha value is -1.77. The Labute approximate surface area is 146 Å². The highest BCUT2D eigenvalue weighted by Crippen LogP contribution is 2.39. The van der Waals surface area contributed by atoms with Crippen LogP contribution in [0.5, 0.6) is 0 Å². The lowest BCUT2D eigenvalue weighted by molar-refractivity contribution is -0.180. The number of primary amides is 2. The first-order chi connectivity index (χ1) is 11.3. The van der Waals surface area contributed by atoms with Gasteiger partial charge in [0.15, 0.2) is 0 Å². The zero-order valence-corrected chi connectivity index (χ0v) is 14.5. The van der Waals surface area contributed by atoms with Crippen LogP contribution in [-0.2, 0) is 19.2 Å². The standard InChI is InChI=1S/C15H24N4O4S/c16-11(20)4-3-10(13(17)22)18-9-15(14(18)23)6-1-2-7-19(15)12(21)5-8-24/h10,24H,1-9H2,(H2,16,20)(H2,17,22). The minimum Gasteiger partial charge on any atom is -0.370 e. The van der Waals surface area contributed by atoms with Crippen LogP contribution in [0, 0.1) is 0 Å². The fourth-order valence-electron chi connectivity index (χ4n) is 3.60. The second-order valence-electron chi connectivity index (χ2n) is 6.36. The molecule has 134 valence electrons. The smallest absolute Gasteiger partial charge is 0.251 e. The SMILES string of the molecule is NC(=O)CCC(C(N)=O)N1CC2(CCCCN2C(=O)CCS)C1=O. The molecular formula is C15H24N4O4S. The average Bonchev–Trinajstić information content (AvgIpc) is 2.53. The van der Waals surface area contributed by atoms with E-state index in [9.17, 15) is 19.2 Å². The number of carbonyl (C=O) groups excluding carboxylic acids is 4. The maximum Gasteiger partial charge on any atom is 0.251 e. The number of β-lactam (4-membered cyclic amide) rings is 1. The zero-order valence-electron chi connectivity index (χ0n) is 13.6. The van der Waals surface area contributed by atoms with Gasteiger partial charge in [-0.2, -0.15) is 12.6 Å². The summed E-state index contributed by atoms with van der Waals surface area (Å²) in [4.78, 5) is 50.8. The number of thiol groups is 1. The van der Waals surface area contributed by atoms with Gasteiger partial charge in [0, 0.05) is 19.4 Å². The van der Waals surface area contributed by atoms with Crippen molar-refractivity contribution in [1.82, 2.24) is 9.80 Å². The van der Waals surface area contributed by atoms with Crippen LogP contribution >= 0.6 is 12.6 Å². The predicted octanol–water partition coefficient (Wildman–Crippen LogP) is -0.981. The molecule has 2 rings (SSSR count). The van der Waals surface area contributed by atoms with Crippen molar-refractivity contribution in [2.24, 2.45) is 11.5 Å². The predicted molar refractivity (Wildman–Crippen MR) is 89.9 cm³/mol. The van der Waals surface area contributed by atoms with Crippen molar-refractivity contribution in [1.29, 1.82) is 0 Å². The van der Waals surface area contributed by atoms with Crippen molar-refractivity contribution >= 4 is 36.3 Å². The molecule has 0 radical (unpaired) electrons. The molecule has 0 aliphatic carbocycles. The molecule has 0 bridgehead atoms. The van der Waals surface area contributed by atoms with Gasteiger partial charge >= 0.3 is 0 Å². The lowest BCUT2D eigenvalue weighted by Gasteiger charge is -2.57. The number of nitrogens with zero attached hydrogens (tertiary/aromatic N) is 2. The number of piperidine rings is 1. The van der Waals surface area contributed by atoms with Crippen molar-refractivity contribution in [3.05, 3.63) is 0 Å². The Morgan fingerprint density at radius 1 is 1.21 bits per heavy atom. The molecule has 2 aliphatic heterocycles. The summed E-state index contributed by atoms with van der Waals surface area (Å²) in [5.41, 5.74) is 9.63. The summed E-state index contributed by atoms with van der Waals surface area (Å²) in [6.45, 7) is 0.811. The van der Waals surface area contributed by atoms with Crippen molar-refractivity contribution in [3.8, 4) is 0 Å². The van der Waals surface area contributed by atoms with E-state index in [1.54, 1.807) is 4.90 Å². The van der Waals surface area contributed by atoms with Crippen LogP contribution in [0.25, 0.3) is 0 Å². The number of likely N-dealkylation sites (tertiary alicyclic amines) is 2. The summed E-state index contributed by atoms with van der Waals surface area (Å²) in [6.07, 6.45) is 2.66. The fraction of sp³-hybridized carbons (Fsp3) is 0.733. The van der Waals surface area contributed by atoms with Crippen LogP contribution in [-0.4, -0.2) is 63.9 Å². The van der Waals surface area contributed by atoms with Gasteiger partial charge in [-0.05, 0) is 31.4 Å². The maximum atomic E-state index is 12.8. The van der Waals surface area contributed by atoms with Gasteiger partial charge in [0.1, 0.15) is 11.6 Å². The molecule has 8 nitrogen and oxygen atoms in total. The molecule has 2 heterocycles. The fourth-order valence-corrected chi connectivity index (χ4v) is 3.79. The van der Waals surface area contributed by atoms with Gasteiger partial charge < -0.3 is 21.3 Å². The van der Waals surface area contributed by atoms with Crippen LogP contribution < -0.4 is 11.5 Å². The van der Waals surface area contributed by atoms with Gasteiger partial charge in [0.05, 0.1) is 6.54 Å². The van der Waals surface area contributed by atoms with Crippen LogP contribution in [0.1, 0.15) is 38.5 Å². The number of nitrogens with two attached hydrogens (primary N) is 2. The first-order valence-corrected chi connectivity index (χ1v) is 8.77. The zero-order chi connectivity index (χ0) is 17.9. The third-order valence-electron chi connectivity index (χ3n) is 4.83. The highest BCUT2D eigenvalue weighted by atomic mass is 32.1. The molecule has 0 aromatic carbocycles. The van der Waals surface area contributed by atoms with E-state index in [-0.39, 0.29) is 37.6 Å². The molecule has 2 aliphatic rings. The maximum absolute atomic E-state index is 12.8. The van der Waals surface area contributed by atoms with Gasteiger partial charge in [-0.3, -0.25) is 19.2 Å². The van der Waals surface area contributed by atoms with Crippen LogP contribution in [0.2, 0.25) is 0 Å². The molecule has 24 heavy (non-hydrogen) atoms. The molecule has 2 unspecified atom stereocenters. The van der Waals surface area contributed by atoms with Crippen LogP contribution in [0.15, 0.2) is 0 Å². The Balaban J connectivity index is 2.13. The Morgan fingerprint density at radius 3 is 2.46 bits per heavy atom. The normalized spacial score (nSPS) is 24.6. The molecular weight excluding hydrogens is 332 g/mol. The van der Waals surface area contributed by atoms with Gasteiger partial charge in [0.2, 0.25) is 17.7 Å². The second kappa shape index (κ2) is 7.42. The molecule has 9 heteroatoms. The summed E-state index contributed by atoms with van der Waals surface area (Å²) < 4.78 is 0. The number of hydrogen-bond donors (Lipinski definition) is 3. The molecule has 0 aromatic rings. The van der Waals surface area contributed by atoms with E-state index in [0.717, 1.165) is 12.8 Å². The Kier molecular flexibility index (Phi) is 5.74. The van der Waals surface area contributed by atoms with E-state index in [0.29, 0.717) is 18.7 Å². The van der Waals surface area contributed by atoms with Gasteiger partial charge in [0.25, 0.3) is 5.91 Å². The summed E-state index contributed by atoms with van der Waals surface area (Å²) in [7, 11) is 0. The van der Waals surface area contributed by atoms with Crippen molar-refractivity contribution in [2.75, 3.05) is 18.8 Å². The van der Waals surface area contributed by atoms with Crippen molar-refractivity contribution < 1.29 is 19.2 Å². The van der Waals surface area contributed by atoms with E-state index >= 15 is 0 Å². The topological polar surface area (TPSA) is 127 Å². The van der Waals surface area contributed by atoms with Crippen molar-refractivity contribution in [2.45, 2.75) is 50.1 Å². The van der Waals surface area contributed by atoms with E-state index in [1.807, 2.05) is 0 Å². The highest BCUT2D eigenvalue weighted by molar-refractivity contribution is 7.80. The molecule has 0 saturated carbocycles. The summed E-state index contributed by atoms with van der Waals surface area (Å²) in [6, 6.07) is -0.862. The second-order valence-corrected chi connectivity index (χ2v) is 6.81. The van der Waals surface area contributed by atoms with E-state index in [1.165, 1.54) is 4.90 Å². The average molecular weight is 356 g/mol. The molecule has 0 aromatic heterocycles. The summed E-state index contributed by atoms with van der Waals surface area (Å²) in [5.74, 6) is -1.14. The lowest BCUT2D eigenvalue weighted by atomic mass is 9.77. The van der Waals surface area contributed by atoms with Crippen molar-refractivity contribution in [3.63, 3.8) is 0 Å². The molecule has 2 fully saturated rings. The van der Waals surface area contributed by atoms with Gasteiger partial charge in [-0.25, -0.2) is 0 Å². The van der Waals surface area contributed by atoms with Crippen LogP contribution in [0.3, 0.4) is 0 Å². The quantitative estimate of drug-likeness (QED) is 0.400. The molecule has 2 atom stereocenters. The number of rotatable bonds is 7. The number of amides is 4. The Morgan fingerprint density at radius 2 is 1.92 bits per heavy atom. The molecule has 1 spiro atoms. The van der Waals surface area contributed by atoms with E-state index in [2.05, 4.69) is 12.6 Å². The lowest BCUT2D eigenvalue weighted by Crippen LogP contribution is -2.78. The molecule has 2 saturated heterocycles. The third kappa shape index (κ3) is 3.35. The first kappa shape index (κ1) is 18.6. The largest absolute Gasteiger partial charge is 0.370 e. The van der Waals surface area contributed by atoms with Gasteiger partial charge in [-0.15, -0.1) is 0 Å². The number of carbonyl (C=O) groups is 4. The van der Waals surface area contributed by atoms with Crippen LogP contribution in [0.4, 0.5) is 0 Å². The summed E-state index contributed by atoms with van der Waals surface area (Å²) >= 11 is 4.08. The number of hydrogen-bond acceptors (Lipinski definition) is 5. The van der Waals surface area contributed by atoms with E-state index < -0.39 is 23.4 Å². The molecule has 4 amide bonds. The van der Waals surface area contributed by atoms with Gasteiger partial charge in [-0.1, -0.05) is 0 Å². The third-order valence-corrected chi connectivity index (χ3v) is 5.05.